The van der Waals surface area contributed by atoms with Crippen LogP contribution in [0.4, 0.5) is 4.39 Å². The van der Waals surface area contributed by atoms with E-state index >= 15 is 0 Å². The lowest BCUT2D eigenvalue weighted by molar-refractivity contribution is -0.159. The Labute approximate surface area is 144 Å². The number of amides is 2. The zero-order valence-electron chi connectivity index (χ0n) is 13.6. The highest BCUT2D eigenvalue weighted by atomic mass is 19.1. The fourth-order valence-electron chi connectivity index (χ4n) is 3.17. The molecule has 2 aliphatic rings. The maximum atomic E-state index is 13.2. The van der Waals surface area contributed by atoms with Gasteiger partial charge in [-0.2, -0.15) is 5.10 Å². The van der Waals surface area contributed by atoms with Gasteiger partial charge in [-0.05, 0) is 30.5 Å². The van der Waals surface area contributed by atoms with Crippen molar-refractivity contribution >= 4 is 11.8 Å². The Balaban J connectivity index is 1.43. The van der Waals surface area contributed by atoms with E-state index < -0.39 is 24.0 Å². The molecule has 130 valence electrons. The third-order valence-corrected chi connectivity index (χ3v) is 4.88. The molecule has 2 fully saturated rings. The summed E-state index contributed by atoms with van der Waals surface area (Å²) in [5, 5.41) is 4.11. The number of hydrogen-bond acceptors (Lipinski definition) is 4. The third kappa shape index (κ3) is 2.77. The summed E-state index contributed by atoms with van der Waals surface area (Å²) in [4.78, 5) is 31.9. The first-order valence-corrected chi connectivity index (χ1v) is 8.25. The van der Waals surface area contributed by atoms with Gasteiger partial charge in [0.25, 0.3) is 0 Å². The number of carbonyl (C=O) groups is 2. The van der Waals surface area contributed by atoms with Gasteiger partial charge in [0, 0.05) is 38.2 Å². The molecule has 7 nitrogen and oxygen atoms in total. The molecule has 4 rings (SSSR count). The Morgan fingerprint density at radius 2 is 2.00 bits per heavy atom. The highest BCUT2D eigenvalue weighted by molar-refractivity contribution is 6.35. The van der Waals surface area contributed by atoms with Crippen LogP contribution >= 0.6 is 0 Å². The largest absolute Gasteiger partial charge is 0.328 e. The number of halogens is 1. The normalized spacial score (nSPS) is 19.4. The number of rotatable bonds is 5. The van der Waals surface area contributed by atoms with E-state index in [0.717, 1.165) is 5.56 Å². The lowest BCUT2D eigenvalue weighted by Crippen LogP contribution is -2.58. The molecule has 25 heavy (non-hydrogen) atoms. The van der Waals surface area contributed by atoms with E-state index in [1.54, 1.807) is 23.3 Å². The van der Waals surface area contributed by atoms with Gasteiger partial charge < -0.3 is 9.80 Å². The van der Waals surface area contributed by atoms with Crippen LogP contribution in [0.5, 0.6) is 0 Å². The van der Waals surface area contributed by atoms with Crippen molar-refractivity contribution in [1.29, 1.82) is 0 Å². The molecule has 2 amide bonds. The zero-order valence-corrected chi connectivity index (χ0v) is 13.6. The lowest BCUT2D eigenvalue weighted by atomic mass is 10.1. The van der Waals surface area contributed by atoms with Crippen LogP contribution in [0, 0.1) is 0 Å². The quantitative estimate of drug-likeness (QED) is 0.758. The van der Waals surface area contributed by atoms with Gasteiger partial charge in [0.1, 0.15) is 6.67 Å². The first-order valence-electron chi connectivity index (χ1n) is 8.25. The highest BCUT2D eigenvalue weighted by Crippen LogP contribution is 2.42. The molecule has 0 atom stereocenters. The summed E-state index contributed by atoms with van der Waals surface area (Å²) < 4.78 is 14.8. The molecule has 8 heteroatoms. The minimum atomic E-state index is -0.716. The monoisotopic (exact) mass is 343 g/mol. The molecule has 1 saturated heterocycles. The van der Waals surface area contributed by atoms with Gasteiger partial charge >= 0.3 is 11.8 Å². The van der Waals surface area contributed by atoms with Crippen LogP contribution in [0.15, 0.2) is 36.8 Å². The van der Waals surface area contributed by atoms with Gasteiger partial charge in [0.15, 0.2) is 5.82 Å². The first-order chi connectivity index (χ1) is 12.1. The Hall–Kier alpha value is -2.77. The smallest absolute Gasteiger partial charge is 0.312 e. The number of piperazine rings is 1. The number of pyridine rings is 1. The van der Waals surface area contributed by atoms with Crippen molar-refractivity contribution in [2.45, 2.75) is 24.9 Å². The number of nitrogens with zero attached hydrogens (tertiary/aromatic N) is 5. The molecule has 0 N–H and O–H groups in total. The van der Waals surface area contributed by atoms with E-state index in [0.29, 0.717) is 38.3 Å². The lowest BCUT2D eigenvalue weighted by Gasteiger charge is -2.37. The van der Waals surface area contributed by atoms with Crippen LogP contribution in [0.3, 0.4) is 0 Å². The zero-order chi connectivity index (χ0) is 17.4. The molecule has 0 aromatic carbocycles. The summed E-state index contributed by atoms with van der Waals surface area (Å²) in [6, 6.07) is 5.48. The molecule has 2 aromatic heterocycles. The molecule has 3 heterocycles. The maximum absolute atomic E-state index is 13.2. The Kier molecular flexibility index (Phi) is 3.74. The fourth-order valence-corrected chi connectivity index (χ4v) is 3.17. The van der Waals surface area contributed by atoms with Crippen molar-refractivity contribution < 1.29 is 14.0 Å². The van der Waals surface area contributed by atoms with Gasteiger partial charge in [-0.25, -0.2) is 14.1 Å². The third-order valence-electron chi connectivity index (χ3n) is 4.88. The summed E-state index contributed by atoms with van der Waals surface area (Å²) in [5.74, 6) is -0.482. The molecule has 1 aliphatic heterocycles. The second kappa shape index (κ2) is 5.94. The van der Waals surface area contributed by atoms with Gasteiger partial charge in [-0.3, -0.25) is 9.59 Å². The molecular formula is C17H18FN5O2. The van der Waals surface area contributed by atoms with Crippen LogP contribution in [-0.2, 0) is 16.1 Å². The van der Waals surface area contributed by atoms with E-state index in [9.17, 15) is 14.0 Å². The Morgan fingerprint density at radius 3 is 2.60 bits per heavy atom. The standard InChI is InChI=1S/C17H18FN5O2/c18-12-17(4-5-17)22-9-8-21(15(24)16(22)25)11-13-2-3-14(19-10-13)23-7-1-6-20-23/h1-3,6-7,10H,4-5,8-9,11-12H2. The van der Waals surface area contributed by atoms with Crippen molar-refractivity contribution in [2.75, 3.05) is 19.8 Å². The number of aromatic nitrogens is 3. The average molecular weight is 343 g/mol. The van der Waals surface area contributed by atoms with E-state index in [2.05, 4.69) is 10.1 Å². The molecule has 2 aromatic rings. The van der Waals surface area contributed by atoms with Crippen molar-refractivity contribution in [3.63, 3.8) is 0 Å². The van der Waals surface area contributed by atoms with E-state index in [1.165, 1.54) is 9.80 Å². The predicted molar refractivity (Wildman–Crippen MR) is 86.4 cm³/mol. The van der Waals surface area contributed by atoms with Gasteiger partial charge in [-0.15, -0.1) is 0 Å². The van der Waals surface area contributed by atoms with Crippen molar-refractivity contribution in [3.8, 4) is 5.82 Å². The van der Waals surface area contributed by atoms with Crippen molar-refractivity contribution in [1.82, 2.24) is 24.6 Å². The van der Waals surface area contributed by atoms with E-state index in [1.807, 2.05) is 18.2 Å². The highest BCUT2D eigenvalue weighted by Gasteiger charge is 2.53. The van der Waals surface area contributed by atoms with Crippen molar-refractivity contribution in [2.24, 2.45) is 0 Å². The summed E-state index contributed by atoms with van der Waals surface area (Å²) in [6.45, 7) is 0.527. The Morgan fingerprint density at radius 1 is 1.16 bits per heavy atom. The van der Waals surface area contributed by atoms with Crippen LogP contribution in [0.2, 0.25) is 0 Å². The topological polar surface area (TPSA) is 71.3 Å². The SMILES string of the molecule is O=C1C(=O)N(C2(CF)CC2)CCN1Cc1ccc(-n2cccn2)nc1. The summed E-state index contributed by atoms with van der Waals surface area (Å²) >= 11 is 0. The van der Waals surface area contributed by atoms with Crippen LogP contribution in [-0.4, -0.2) is 61.7 Å². The predicted octanol–water partition coefficient (Wildman–Crippen LogP) is 0.940. The van der Waals surface area contributed by atoms with Crippen LogP contribution in [0.25, 0.3) is 5.82 Å². The first kappa shape index (κ1) is 15.7. The molecule has 0 radical (unpaired) electrons. The van der Waals surface area contributed by atoms with Crippen LogP contribution < -0.4 is 0 Å². The summed E-state index contributed by atoms with van der Waals surface area (Å²) in [6.07, 6.45) is 6.42. The maximum Gasteiger partial charge on any atom is 0.312 e. The molecular weight excluding hydrogens is 325 g/mol. The summed E-state index contributed by atoms with van der Waals surface area (Å²) in [7, 11) is 0. The van der Waals surface area contributed by atoms with Gasteiger partial charge in [0.2, 0.25) is 0 Å². The minimum Gasteiger partial charge on any atom is -0.328 e. The second-order valence-electron chi connectivity index (χ2n) is 6.52. The second-order valence-corrected chi connectivity index (χ2v) is 6.52. The van der Waals surface area contributed by atoms with Crippen LogP contribution in [0.1, 0.15) is 18.4 Å². The van der Waals surface area contributed by atoms with E-state index in [4.69, 9.17) is 0 Å². The average Bonchev–Trinajstić information content (AvgIpc) is 3.23. The number of carbonyl (C=O) groups excluding carboxylic acids is 2. The number of hydrogen-bond donors (Lipinski definition) is 0. The van der Waals surface area contributed by atoms with Gasteiger partial charge in [-0.1, -0.05) is 6.07 Å². The number of alkyl halides is 1. The molecule has 0 unspecified atom stereocenters. The van der Waals surface area contributed by atoms with Gasteiger partial charge in [0.05, 0.1) is 5.54 Å². The molecule has 1 aliphatic carbocycles. The minimum absolute atomic E-state index is 0.313. The van der Waals surface area contributed by atoms with E-state index in [-0.39, 0.29) is 0 Å². The Bertz CT molecular complexity index is 786. The molecule has 0 spiro atoms. The fraction of sp³-hybridized carbons (Fsp3) is 0.412. The molecule has 0 bridgehead atoms. The molecule has 1 saturated carbocycles. The van der Waals surface area contributed by atoms with Crippen molar-refractivity contribution in [3.05, 3.63) is 42.4 Å². The summed E-state index contributed by atoms with van der Waals surface area (Å²) in [5.41, 5.74) is 0.114.